The van der Waals surface area contributed by atoms with Gasteiger partial charge in [0.25, 0.3) is 0 Å². The second-order valence-electron chi connectivity index (χ2n) is 9.76. The number of hydrogen-bond donors (Lipinski definition) is 0. The van der Waals surface area contributed by atoms with Gasteiger partial charge in [0.2, 0.25) is 15.9 Å². The van der Waals surface area contributed by atoms with E-state index in [-0.39, 0.29) is 25.1 Å². The summed E-state index contributed by atoms with van der Waals surface area (Å²) >= 11 is 1.47. The summed E-state index contributed by atoms with van der Waals surface area (Å²) in [5.74, 6) is -2.47. The monoisotopic (exact) mass is 549 g/mol. The van der Waals surface area contributed by atoms with E-state index >= 15 is 0 Å². The Labute approximate surface area is 219 Å². The lowest BCUT2D eigenvalue weighted by Crippen LogP contribution is -2.46. The highest BCUT2D eigenvalue weighted by Gasteiger charge is 2.37. The Morgan fingerprint density at radius 3 is 2.59 bits per heavy atom. The Morgan fingerprint density at radius 1 is 1.16 bits per heavy atom. The molecule has 1 unspecified atom stereocenters. The number of carbonyl (C=O) groups excluding carboxylic acids is 1. The molecule has 2 aliphatic heterocycles. The number of rotatable bonds is 6. The van der Waals surface area contributed by atoms with Crippen molar-refractivity contribution in [2.24, 2.45) is 5.92 Å². The molecule has 0 radical (unpaired) electrons. The maximum atomic E-state index is 14.2. The smallest absolute Gasteiger partial charge is 0.245 e. The third-order valence-corrected chi connectivity index (χ3v) is 10.00. The number of amides is 1. The fourth-order valence-corrected chi connectivity index (χ4v) is 7.79. The van der Waals surface area contributed by atoms with E-state index in [1.807, 2.05) is 13.8 Å². The fourth-order valence-electron chi connectivity index (χ4n) is 5.12. The Hall–Kier alpha value is -2.47. The average molecular weight is 550 g/mol. The van der Waals surface area contributed by atoms with Crippen molar-refractivity contribution in [1.82, 2.24) is 9.29 Å². The maximum absolute atomic E-state index is 14.2. The molecule has 2 aromatic carbocycles. The minimum absolute atomic E-state index is 0.0688. The van der Waals surface area contributed by atoms with E-state index in [1.165, 1.54) is 15.6 Å². The zero-order valence-electron chi connectivity index (χ0n) is 20.7. The van der Waals surface area contributed by atoms with Crippen molar-refractivity contribution in [2.75, 3.05) is 31.1 Å². The number of nitrogens with zero attached hydrogens (tertiary/aromatic N) is 3. The van der Waals surface area contributed by atoms with Crippen molar-refractivity contribution in [3.63, 3.8) is 0 Å². The normalized spacial score (nSPS) is 19.5. The van der Waals surface area contributed by atoms with Crippen LogP contribution in [0.1, 0.15) is 36.8 Å². The van der Waals surface area contributed by atoms with Crippen LogP contribution in [0.25, 0.3) is 10.2 Å². The summed E-state index contributed by atoms with van der Waals surface area (Å²) in [6.07, 6.45) is 2.34. The molecule has 1 aromatic heterocycles. The van der Waals surface area contributed by atoms with Gasteiger partial charge in [-0.2, -0.15) is 4.31 Å². The number of sulfonamides is 1. The van der Waals surface area contributed by atoms with Crippen LogP contribution in [0.3, 0.4) is 0 Å². The SMILES string of the molecule is Cc1cc(C)c2nc(N(CC3CCCO3)C(=O)C3CCN(S(=O)(=O)c4ccc(F)cc4F)CC3)sc2c1. The molecule has 7 nitrogen and oxygen atoms in total. The van der Waals surface area contributed by atoms with Gasteiger partial charge in [0.05, 0.1) is 22.9 Å². The second-order valence-corrected chi connectivity index (χ2v) is 12.7. The molecule has 198 valence electrons. The van der Waals surface area contributed by atoms with Crippen molar-refractivity contribution in [3.8, 4) is 0 Å². The van der Waals surface area contributed by atoms with Crippen LogP contribution in [0.15, 0.2) is 35.2 Å². The van der Waals surface area contributed by atoms with E-state index in [2.05, 4.69) is 12.1 Å². The predicted molar refractivity (Wildman–Crippen MR) is 138 cm³/mol. The van der Waals surface area contributed by atoms with Crippen LogP contribution in [-0.2, 0) is 19.6 Å². The molecule has 0 N–H and O–H groups in total. The van der Waals surface area contributed by atoms with Crippen LogP contribution < -0.4 is 4.90 Å². The number of benzene rings is 2. The first-order chi connectivity index (χ1) is 17.6. The molecular weight excluding hydrogens is 520 g/mol. The third-order valence-electron chi connectivity index (χ3n) is 7.04. The van der Waals surface area contributed by atoms with Crippen molar-refractivity contribution < 1.29 is 26.7 Å². The molecular formula is C26H29F2N3O4S2. The summed E-state index contributed by atoms with van der Waals surface area (Å²) in [5, 5.41) is 0.618. The lowest BCUT2D eigenvalue weighted by molar-refractivity contribution is -0.123. The number of halogens is 2. The Kier molecular flexibility index (Phi) is 7.32. The second kappa shape index (κ2) is 10.4. The lowest BCUT2D eigenvalue weighted by atomic mass is 9.96. The van der Waals surface area contributed by atoms with Gasteiger partial charge in [-0.25, -0.2) is 22.2 Å². The van der Waals surface area contributed by atoms with E-state index in [4.69, 9.17) is 9.72 Å². The molecule has 37 heavy (non-hydrogen) atoms. The summed E-state index contributed by atoms with van der Waals surface area (Å²) in [6.45, 7) is 5.24. The molecule has 2 fully saturated rings. The van der Waals surface area contributed by atoms with Gasteiger partial charge in [-0.1, -0.05) is 17.4 Å². The number of thiazole rings is 1. The number of hydrogen-bond acceptors (Lipinski definition) is 6. The molecule has 3 heterocycles. The summed E-state index contributed by atoms with van der Waals surface area (Å²) < 4.78 is 61.5. The summed E-state index contributed by atoms with van der Waals surface area (Å²) in [6, 6.07) is 6.56. The van der Waals surface area contributed by atoms with Crippen LogP contribution in [-0.4, -0.2) is 56.0 Å². The van der Waals surface area contributed by atoms with Crippen molar-refractivity contribution in [2.45, 2.75) is 50.5 Å². The van der Waals surface area contributed by atoms with E-state index in [0.29, 0.717) is 37.2 Å². The van der Waals surface area contributed by atoms with Gasteiger partial charge in [0.15, 0.2) is 5.13 Å². The Balaban J connectivity index is 1.36. The minimum atomic E-state index is -4.14. The van der Waals surface area contributed by atoms with Crippen LogP contribution >= 0.6 is 11.3 Å². The molecule has 0 bridgehead atoms. The molecule has 0 saturated carbocycles. The number of carbonyl (C=O) groups is 1. The standard InChI is InChI=1S/C26H29F2N3O4S2/c1-16-12-17(2)24-22(13-16)36-26(29-24)31(15-20-4-3-11-35-20)25(32)18-7-9-30(10-8-18)37(33,34)23-6-5-19(27)14-21(23)28/h5-6,12-14,18,20H,3-4,7-11,15H2,1-2H3. The summed E-state index contributed by atoms with van der Waals surface area (Å²) in [4.78, 5) is 19.8. The molecule has 1 amide bonds. The highest BCUT2D eigenvalue weighted by Crippen LogP contribution is 2.35. The molecule has 0 aliphatic carbocycles. The average Bonchev–Trinajstić information content (AvgIpc) is 3.52. The maximum Gasteiger partial charge on any atom is 0.245 e. The van der Waals surface area contributed by atoms with E-state index in [1.54, 1.807) is 4.90 Å². The van der Waals surface area contributed by atoms with E-state index < -0.39 is 32.5 Å². The van der Waals surface area contributed by atoms with Gasteiger partial charge in [-0.15, -0.1) is 0 Å². The first kappa shape index (κ1) is 26.1. The van der Waals surface area contributed by atoms with Gasteiger partial charge in [0, 0.05) is 31.7 Å². The molecule has 3 aromatic rings. The number of piperidine rings is 1. The molecule has 0 spiro atoms. The number of fused-ring (bicyclic) bond motifs is 1. The van der Waals surface area contributed by atoms with Gasteiger partial charge in [-0.3, -0.25) is 9.69 Å². The Bertz CT molecular complexity index is 1430. The lowest BCUT2D eigenvalue weighted by Gasteiger charge is -2.33. The topological polar surface area (TPSA) is 79.8 Å². The van der Waals surface area contributed by atoms with Gasteiger partial charge < -0.3 is 4.74 Å². The highest BCUT2D eigenvalue weighted by molar-refractivity contribution is 7.89. The quantitative estimate of drug-likeness (QED) is 0.441. The molecule has 2 saturated heterocycles. The van der Waals surface area contributed by atoms with Crippen molar-refractivity contribution in [1.29, 1.82) is 0 Å². The van der Waals surface area contributed by atoms with Gasteiger partial charge >= 0.3 is 0 Å². The van der Waals surface area contributed by atoms with E-state index in [9.17, 15) is 22.0 Å². The molecule has 11 heteroatoms. The van der Waals surface area contributed by atoms with Crippen LogP contribution in [0.4, 0.5) is 13.9 Å². The van der Waals surface area contributed by atoms with Gasteiger partial charge in [-0.05, 0) is 68.9 Å². The number of anilines is 1. The number of aryl methyl sites for hydroxylation is 2. The summed E-state index contributed by atoms with van der Waals surface area (Å²) in [5.41, 5.74) is 3.05. The number of ether oxygens (including phenoxy) is 1. The van der Waals surface area contributed by atoms with E-state index in [0.717, 1.165) is 46.3 Å². The fraction of sp³-hybridized carbons (Fsp3) is 0.462. The highest BCUT2D eigenvalue weighted by atomic mass is 32.2. The molecule has 5 rings (SSSR count). The zero-order valence-corrected chi connectivity index (χ0v) is 22.4. The van der Waals surface area contributed by atoms with Crippen molar-refractivity contribution >= 4 is 42.6 Å². The molecule has 1 atom stereocenters. The Morgan fingerprint density at radius 2 is 1.92 bits per heavy atom. The van der Waals surface area contributed by atoms with Crippen LogP contribution in [0.2, 0.25) is 0 Å². The van der Waals surface area contributed by atoms with Crippen LogP contribution in [0, 0.1) is 31.4 Å². The first-order valence-electron chi connectivity index (χ1n) is 12.4. The predicted octanol–water partition coefficient (Wildman–Crippen LogP) is 4.80. The van der Waals surface area contributed by atoms with Gasteiger partial charge in [0.1, 0.15) is 16.5 Å². The van der Waals surface area contributed by atoms with Crippen molar-refractivity contribution in [3.05, 3.63) is 53.1 Å². The third kappa shape index (κ3) is 5.27. The minimum Gasteiger partial charge on any atom is -0.376 e. The molecule has 2 aliphatic rings. The zero-order chi connectivity index (χ0) is 26.3. The largest absolute Gasteiger partial charge is 0.376 e. The number of aromatic nitrogens is 1. The summed E-state index contributed by atoms with van der Waals surface area (Å²) in [7, 11) is -4.14. The first-order valence-corrected chi connectivity index (χ1v) is 14.6. The van der Waals surface area contributed by atoms with Crippen LogP contribution in [0.5, 0.6) is 0 Å².